The number of rotatable bonds is 5. The molecule has 0 saturated heterocycles. The number of ether oxygens (including phenoxy) is 1. The van der Waals surface area contributed by atoms with Crippen LogP contribution in [0.25, 0.3) is 0 Å². The normalized spacial score (nSPS) is 10.1. The molecule has 0 aliphatic heterocycles. The predicted octanol–water partition coefficient (Wildman–Crippen LogP) is 0.612. The highest BCUT2D eigenvalue weighted by Gasteiger charge is 2.06. The highest BCUT2D eigenvalue weighted by molar-refractivity contribution is 5.78. The zero-order chi connectivity index (χ0) is 16.1. The summed E-state index contributed by atoms with van der Waals surface area (Å²) in [5.74, 6) is 0.281. The maximum absolute atomic E-state index is 11.7. The Morgan fingerprint density at radius 1 is 1.27 bits per heavy atom. The number of hydrazine groups is 1. The third-order valence-electron chi connectivity index (χ3n) is 2.87. The van der Waals surface area contributed by atoms with E-state index in [1.165, 1.54) is 6.92 Å². The number of carbonyl (C=O) groups is 1. The van der Waals surface area contributed by atoms with E-state index in [2.05, 4.69) is 26.0 Å². The van der Waals surface area contributed by atoms with E-state index in [-0.39, 0.29) is 23.8 Å². The molecule has 0 atom stereocenters. The molecule has 0 aliphatic rings. The zero-order valence-electron chi connectivity index (χ0n) is 12.6. The Hall–Kier alpha value is -2.90. The van der Waals surface area contributed by atoms with E-state index in [1.54, 1.807) is 0 Å². The summed E-state index contributed by atoms with van der Waals surface area (Å²) in [6.07, 6.45) is 0. The Morgan fingerprint density at radius 3 is 2.73 bits per heavy atom. The quantitative estimate of drug-likeness (QED) is 0.698. The summed E-state index contributed by atoms with van der Waals surface area (Å²) >= 11 is 0. The molecule has 0 fully saturated rings. The van der Waals surface area contributed by atoms with Crippen molar-refractivity contribution in [3.8, 4) is 5.75 Å². The summed E-state index contributed by atoms with van der Waals surface area (Å²) < 4.78 is 5.42. The fourth-order valence-electron chi connectivity index (χ4n) is 1.72. The molecule has 2 rings (SSSR count). The lowest BCUT2D eigenvalue weighted by Gasteiger charge is -2.10. The lowest BCUT2D eigenvalue weighted by Crippen LogP contribution is -2.35. The van der Waals surface area contributed by atoms with Gasteiger partial charge in [0.1, 0.15) is 11.4 Å². The summed E-state index contributed by atoms with van der Waals surface area (Å²) in [6, 6.07) is 5.69. The van der Waals surface area contributed by atoms with E-state index in [0.29, 0.717) is 5.75 Å². The molecule has 0 saturated carbocycles. The van der Waals surface area contributed by atoms with Crippen LogP contribution in [-0.2, 0) is 4.79 Å². The Balaban J connectivity index is 1.85. The average Bonchev–Trinajstić information content (AvgIpc) is 2.47. The van der Waals surface area contributed by atoms with Gasteiger partial charge in [-0.3, -0.25) is 25.4 Å². The summed E-state index contributed by atoms with van der Waals surface area (Å²) in [7, 11) is 0. The molecular formula is C14H17N5O3. The van der Waals surface area contributed by atoms with E-state index in [0.717, 1.165) is 11.1 Å². The van der Waals surface area contributed by atoms with Gasteiger partial charge < -0.3 is 4.74 Å². The number of hydrogen-bond donors (Lipinski definition) is 3. The minimum absolute atomic E-state index is 0.0514. The summed E-state index contributed by atoms with van der Waals surface area (Å²) in [4.78, 5) is 25.4. The van der Waals surface area contributed by atoms with E-state index >= 15 is 0 Å². The first-order valence-electron chi connectivity index (χ1n) is 6.64. The molecule has 0 bridgehead atoms. The molecular weight excluding hydrogens is 286 g/mol. The van der Waals surface area contributed by atoms with Crippen LogP contribution in [0.4, 0.5) is 5.95 Å². The molecule has 1 aromatic carbocycles. The van der Waals surface area contributed by atoms with Crippen LogP contribution < -0.4 is 21.1 Å². The van der Waals surface area contributed by atoms with Crippen LogP contribution in [0.1, 0.15) is 16.8 Å². The van der Waals surface area contributed by atoms with Crippen LogP contribution in [0, 0.1) is 20.8 Å². The topological polar surface area (TPSA) is 109 Å². The van der Waals surface area contributed by atoms with Crippen molar-refractivity contribution in [1.82, 2.24) is 20.6 Å². The van der Waals surface area contributed by atoms with Crippen molar-refractivity contribution in [2.24, 2.45) is 0 Å². The van der Waals surface area contributed by atoms with Gasteiger partial charge in [-0.05, 0) is 32.4 Å². The third-order valence-corrected chi connectivity index (χ3v) is 2.87. The van der Waals surface area contributed by atoms with Crippen LogP contribution in [0.5, 0.6) is 5.75 Å². The molecule has 0 spiro atoms. The SMILES string of the molecule is Cc1ccc(OCC(=O)NNc2nnc(C)c(=O)[nH]2)c(C)c1. The number of H-pyrrole nitrogens is 1. The van der Waals surface area contributed by atoms with Gasteiger partial charge in [-0.1, -0.05) is 17.7 Å². The number of nitrogens with zero attached hydrogens (tertiary/aromatic N) is 2. The van der Waals surface area contributed by atoms with Crippen molar-refractivity contribution in [2.45, 2.75) is 20.8 Å². The number of benzene rings is 1. The molecule has 8 nitrogen and oxygen atoms in total. The standard InChI is InChI=1S/C14H17N5O3/c1-8-4-5-11(9(2)6-8)22-7-12(20)17-19-14-15-13(21)10(3)16-18-14/h4-6H,7H2,1-3H3,(H,17,20)(H2,15,18,19,21). The second-order valence-electron chi connectivity index (χ2n) is 4.82. The van der Waals surface area contributed by atoms with Gasteiger partial charge in [-0.2, -0.15) is 0 Å². The van der Waals surface area contributed by atoms with Crippen molar-refractivity contribution < 1.29 is 9.53 Å². The molecule has 3 N–H and O–H groups in total. The van der Waals surface area contributed by atoms with Crippen molar-refractivity contribution >= 4 is 11.9 Å². The number of nitrogens with one attached hydrogen (secondary N) is 3. The fraction of sp³-hybridized carbons (Fsp3) is 0.286. The smallest absolute Gasteiger partial charge is 0.276 e. The van der Waals surface area contributed by atoms with Crippen molar-refractivity contribution in [3.05, 3.63) is 45.4 Å². The van der Waals surface area contributed by atoms with Crippen molar-refractivity contribution in [3.63, 3.8) is 0 Å². The molecule has 116 valence electrons. The van der Waals surface area contributed by atoms with Gasteiger partial charge in [0.25, 0.3) is 11.5 Å². The highest BCUT2D eigenvalue weighted by Crippen LogP contribution is 2.18. The van der Waals surface area contributed by atoms with E-state index in [1.807, 2.05) is 32.0 Å². The van der Waals surface area contributed by atoms with E-state index < -0.39 is 5.91 Å². The monoisotopic (exact) mass is 303 g/mol. The van der Waals surface area contributed by atoms with Crippen LogP contribution in [0.2, 0.25) is 0 Å². The fourth-order valence-corrected chi connectivity index (χ4v) is 1.72. The number of aromatic amines is 1. The van der Waals surface area contributed by atoms with Crippen LogP contribution in [0.3, 0.4) is 0 Å². The van der Waals surface area contributed by atoms with Gasteiger partial charge >= 0.3 is 0 Å². The maximum Gasteiger partial charge on any atom is 0.276 e. The zero-order valence-corrected chi connectivity index (χ0v) is 12.6. The van der Waals surface area contributed by atoms with Gasteiger partial charge in [0.15, 0.2) is 6.61 Å². The minimum atomic E-state index is -0.414. The van der Waals surface area contributed by atoms with Crippen molar-refractivity contribution in [2.75, 3.05) is 12.0 Å². The first-order chi connectivity index (χ1) is 10.5. The Bertz CT molecular complexity index is 741. The third kappa shape index (κ3) is 4.05. The molecule has 0 unspecified atom stereocenters. The molecule has 1 heterocycles. The molecule has 1 aromatic heterocycles. The second-order valence-corrected chi connectivity index (χ2v) is 4.82. The summed E-state index contributed by atoms with van der Waals surface area (Å²) in [6.45, 7) is 5.26. The highest BCUT2D eigenvalue weighted by atomic mass is 16.5. The summed E-state index contributed by atoms with van der Waals surface area (Å²) in [5, 5.41) is 7.31. The maximum atomic E-state index is 11.7. The number of amides is 1. The molecule has 2 aromatic rings. The van der Waals surface area contributed by atoms with Crippen LogP contribution in [0.15, 0.2) is 23.0 Å². The first kappa shape index (κ1) is 15.5. The largest absolute Gasteiger partial charge is 0.483 e. The summed E-state index contributed by atoms with van der Waals surface area (Å²) in [5.41, 5.74) is 6.77. The van der Waals surface area contributed by atoms with Gasteiger partial charge in [-0.15, -0.1) is 10.2 Å². The lowest BCUT2D eigenvalue weighted by atomic mass is 10.1. The van der Waals surface area contributed by atoms with E-state index in [9.17, 15) is 9.59 Å². The molecule has 22 heavy (non-hydrogen) atoms. The molecule has 1 amide bonds. The van der Waals surface area contributed by atoms with Gasteiger partial charge in [0.2, 0.25) is 5.95 Å². The number of hydrogen-bond acceptors (Lipinski definition) is 6. The minimum Gasteiger partial charge on any atom is -0.483 e. The van der Waals surface area contributed by atoms with Crippen molar-refractivity contribution in [1.29, 1.82) is 0 Å². The van der Waals surface area contributed by atoms with Gasteiger partial charge in [-0.25, -0.2) is 0 Å². The van der Waals surface area contributed by atoms with Gasteiger partial charge in [0, 0.05) is 0 Å². The van der Waals surface area contributed by atoms with Crippen LogP contribution >= 0.6 is 0 Å². The Morgan fingerprint density at radius 2 is 2.05 bits per heavy atom. The molecule has 8 heteroatoms. The predicted molar refractivity (Wildman–Crippen MR) is 80.6 cm³/mol. The molecule has 0 aliphatic carbocycles. The molecule has 0 radical (unpaired) electrons. The second kappa shape index (κ2) is 6.70. The Kier molecular flexibility index (Phi) is 4.72. The lowest BCUT2D eigenvalue weighted by molar-refractivity contribution is -0.122. The number of aryl methyl sites for hydroxylation is 3. The first-order valence-corrected chi connectivity index (χ1v) is 6.64. The van der Waals surface area contributed by atoms with Gasteiger partial charge in [0.05, 0.1) is 0 Å². The Labute approximate surface area is 126 Å². The van der Waals surface area contributed by atoms with E-state index in [4.69, 9.17) is 4.74 Å². The van der Waals surface area contributed by atoms with Crippen LogP contribution in [-0.4, -0.2) is 27.7 Å². The number of anilines is 1. The average molecular weight is 303 g/mol. The number of carbonyl (C=O) groups excluding carboxylic acids is 1. The number of aromatic nitrogens is 3.